The summed E-state index contributed by atoms with van der Waals surface area (Å²) in [4.78, 5) is 11.7. The molecule has 0 aromatic heterocycles. The van der Waals surface area contributed by atoms with Gasteiger partial charge >= 0.3 is 0 Å². The fourth-order valence-corrected chi connectivity index (χ4v) is 1.79. The number of nitrogens with one attached hydrogen (secondary N) is 1. The fourth-order valence-electron chi connectivity index (χ4n) is 1.26. The molecule has 104 valence electrons. The summed E-state index contributed by atoms with van der Waals surface area (Å²) in [5, 5.41) is 3.27. The van der Waals surface area contributed by atoms with Gasteiger partial charge < -0.3 is 5.32 Å². The van der Waals surface area contributed by atoms with Gasteiger partial charge in [-0.1, -0.05) is 6.08 Å². The van der Waals surface area contributed by atoms with Crippen molar-refractivity contribution in [1.82, 2.24) is 5.32 Å². The molecule has 0 spiro atoms. The van der Waals surface area contributed by atoms with Gasteiger partial charge in [0, 0.05) is 17.7 Å². The van der Waals surface area contributed by atoms with Crippen molar-refractivity contribution in [1.29, 1.82) is 0 Å². The minimum atomic E-state index is -3.30. The van der Waals surface area contributed by atoms with Crippen LogP contribution in [0.3, 0.4) is 0 Å². The highest BCUT2D eigenvalue weighted by atomic mass is 32.2. The monoisotopic (exact) mass is 289 g/mol. The van der Waals surface area contributed by atoms with Crippen LogP contribution in [0.4, 0.5) is 8.78 Å². The van der Waals surface area contributed by atoms with Crippen LogP contribution in [-0.2, 0) is 9.84 Å². The van der Waals surface area contributed by atoms with Crippen molar-refractivity contribution in [2.45, 2.75) is 13.0 Å². The van der Waals surface area contributed by atoms with Crippen molar-refractivity contribution >= 4 is 15.7 Å². The lowest BCUT2D eigenvalue weighted by atomic mass is 10.2. The first-order valence-electron chi connectivity index (χ1n) is 5.33. The van der Waals surface area contributed by atoms with Crippen molar-refractivity contribution in [2.24, 2.45) is 0 Å². The Balaban J connectivity index is 2.80. The van der Waals surface area contributed by atoms with Gasteiger partial charge in [-0.05, 0) is 25.1 Å². The van der Waals surface area contributed by atoms with Crippen LogP contribution in [0.1, 0.15) is 17.3 Å². The standard InChI is InChI=1S/C12H13F2NO3S/c1-8(5-6-19(2,17)18)15-12(16)10-7-9(13)3-4-11(10)14/h3-8H,1-2H3,(H,15,16)/b6-5+/t8-/m1/s1. The third-order valence-corrected chi connectivity index (χ3v) is 2.80. The van der Waals surface area contributed by atoms with E-state index in [0.717, 1.165) is 29.9 Å². The Labute approximate surface area is 110 Å². The van der Waals surface area contributed by atoms with Gasteiger partial charge in [0.15, 0.2) is 9.84 Å². The van der Waals surface area contributed by atoms with Crippen LogP contribution in [-0.4, -0.2) is 26.6 Å². The summed E-state index contributed by atoms with van der Waals surface area (Å²) in [5.74, 6) is -2.40. The minimum absolute atomic E-state index is 0.431. The molecule has 0 aliphatic carbocycles. The van der Waals surface area contributed by atoms with Gasteiger partial charge in [-0.15, -0.1) is 0 Å². The lowest BCUT2D eigenvalue weighted by Crippen LogP contribution is -2.31. The first-order valence-corrected chi connectivity index (χ1v) is 7.28. The normalized spacial score (nSPS) is 13.5. The van der Waals surface area contributed by atoms with Crippen molar-refractivity contribution in [3.8, 4) is 0 Å². The molecule has 4 nitrogen and oxygen atoms in total. The molecule has 0 bridgehead atoms. The second-order valence-electron chi connectivity index (χ2n) is 4.04. The highest BCUT2D eigenvalue weighted by Gasteiger charge is 2.14. The number of hydrogen-bond donors (Lipinski definition) is 1. The number of rotatable bonds is 4. The number of carbonyl (C=O) groups is 1. The quantitative estimate of drug-likeness (QED) is 0.916. The zero-order valence-electron chi connectivity index (χ0n) is 10.4. The van der Waals surface area contributed by atoms with Gasteiger partial charge in [0.2, 0.25) is 0 Å². The van der Waals surface area contributed by atoms with E-state index in [4.69, 9.17) is 0 Å². The molecule has 19 heavy (non-hydrogen) atoms. The van der Waals surface area contributed by atoms with Crippen LogP contribution in [0.15, 0.2) is 29.7 Å². The Morgan fingerprint density at radius 1 is 1.37 bits per heavy atom. The lowest BCUT2D eigenvalue weighted by molar-refractivity contribution is 0.0942. The van der Waals surface area contributed by atoms with E-state index in [1.54, 1.807) is 0 Å². The smallest absolute Gasteiger partial charge is 0.254 e. The molecule has 1 rings (SSSR count). The molecule has 0 heterocycles. The largest absolute Gasteiger partial charge is 0.346 e. The first kappa shape index (κ1) is 15.3. The van der Waals surface area contributed by atoms with E-state index in [9.17, 15) is 22.0 Å². The average Bonchev–Trinajstić information content (AvgIpc) is 2.28. The number of hydrogen-bond acceptors (Lipinski definition) is 3. The van der Waals surface area contributed by atoms with Crippen molar-refractivity contribution in [2.75, 3.05) is 6.26 Å². The Kier molecular flexibility index (Phi) is 4.77. The van der Waals surface area contributed by atoms with E-state index in [-0.39, 0.29) is 0 Å². The van der Waals surface area contributed by atoms with Crippen LogP contribution in [0.2, 0.25) is 0 Å². The predicted octanol–water partition coefficient (Wildman–Crippen LogP) is 1.64. The van der Waals surface area contributed by atoms with Crippen molar-refractivity contribution in [3.63, 3.8) is 0 Å². The van der Waals surface area contributed by atoms with Gasteiger partial charge in [-0.2, -0.15) is 0 Å². The highest BCUT2D eigenvalue weighted by Crippen LogP contribution is 2.09. The summed E-state index contributed by atoms with van der Waals surface area (Å²) in [6.45, 7) is 1.51. The van der Waals surface area contributed by atoms with Gasteiger partial charge in [0.05, 0.1) is 5.56 Å². The topological polar surface area (TPSA) is 63.2 Å². The third kappa shape index (κ3) is 5.17. The van der Waals surface area contributed by atoms with Crippen LogP contribution in [0.25, 0.3) is 0 Å². The second-order valence-corrected chi connectivity index (χ2v) is 5.98. The number of carbonyl (C=O) groups excluding carboxylic acids is 1. The van der Waals surface area contributed by atoms with Gasteiger partial charge in [0.25, 0.3) is 5.91 Å². The van der Waals surface area contributed by atoms with Gasteiger partial charge in [-0.25, -0.2) is 17.2 Å². The summed E-state index contributed by atoms with van der Waals surface area (Å²) in [7, 11) is -3.30. The van der Waals surface area contributed by atoms with Crippen molar-refractivity contribution < 1.29 is 22.0 Å². The second kappa shape index (κ2) is 5.92. The summed E-state index contributed by atoms with van der Waals surface area (Å²) in [6.07, 6.45) is 2.24. The number of sulfone groups is 1. The number of halogens is 2. The van der Waals surface area contributed by atoms with Crippen molar-refractivity contribution in [3.05, 3.63) is 46.9 Å². The van der Waals surface area contributed by atoms with Crippen LogP contribution >= 0.6 is 0 Å². The van der Waals surface area contributed by atoms with Gasteiger partial charge in [-0.3, -0.25) is 4.79 Å². The molecule has 7 heteroatoms. The molecular weight excluding hydrogens is 276 g/mol. The Hall–Kier alpha value is -1.76. The predicted molar refractivity (Wildman–Crippen MR) is 67.3 cm³/mol. The summed E-state index contributed by atoms with van der Waals surface area (Å²) in [5.41, 5.74) is -0.431. The summed E-state index contributed by atoms with van der Waals surface area (Å²) >= 11 is 0. The molecule has 0 unspecified atom stereocenters. The third-order valence-electron chi connectivity index (χ3n) is 2.15. The fraction of sp³-hybridized carbons (Fsp3) is 0.250. The average molecular weight is 289 g/mol. The maximum atomic E-state index is 13.3. The van der Waals surface area contributed by atoms with Crippen LogP contribution < -0.4 is 5.32 Å². The Morgan fingerprint density at radius 3 is 2.58 bits per heavy atom. The molecule has 1 atom stereocenters. The molecule has 1 amide bonds. The molecule has 0 aliphatic heterocycles. The van der Waals surface area contributed by atoms with Crippen LogP contribution in [0, 0.1) is 11.6 Å². The van der Waals surface area contributed by atoms with E-state index in [1.807, 2.05) is 0 Å². The highest BCUT2D eigenvalue weighted by molar-refractivity contribution is 7.93. The minimum Gasteiger partial charge on any atom is -0.346 e. The first-order chi connectivity index (χ1) is 8.69. The summed E-state index contributed by atoms with van der Waals surface area (Å²) in [6, 6.07) is 1.89. The van der Waals surface area contributed by atoms with Crippen LogP contribution in [0.5, 0.6) is 0 Å². The molecular formula is C12H13F2NO3S. The Morgan fingerprint density at radius 2 is 2.00 bits per heavy atom. The zero-order valence-corrected chi connectivity index (χ0v) is 11.2. The lowest BCUT2D eigenvalue weighted by Gasteiger charge is -2.10. The number of amides is 1. The van der Waals surface area contributed by atoms with E-state index in [0.29, 0.717) is 0 Å². The number of benzene rings is 1. The summed E-state index contributed by atoms with van der Waals surface area (Å²) < 4.78 is 48.0. The van der Waals surface area contributed by atoms with E-state index < -0.39 is 39.0 Å². The van der Waals surface area contributed by atoms with Gasteiger partial charge in [0.1, 0.15) is 11.6 Å². The van der Waals surface area contributed by atoms with E-state index >= 15 is 0 Å². The van der Waals surface area contributed by atoms with E-state index in [2.05, 4.69) is 5.32 Å². The molecule has 1 aromatic carbocycles. The molecule has 1 N–H and O–H groups in total. The maximum absolute atomic E-state index is 13.3. The molecule has 1 aromatic rings. The molecule has 0 saturated heterocycles. The SMILES string of the molecule is C[C@H](/C=C/S(C)(=O)=O)NC(=O)c1cc(F)ccc1F. The maximum Gasteiger partial charge on any atom is 0.254 e. The zero-order chi connectivity index (χ0) is 14.6. The van der Waals surface area contributed by atoms with E-state index in [1.165, 1.54) is 13.0 Å². The molecule has 0 aliphatic rings. The molecule has 0 fully saturated rings. The molecule has 0 saturated carbocycles. The Bertz CT molecular complexity index is 611. The molecule has 0 radical (unpaired) electrons.